The first-order valence-electron chi connectivity index (χ1n) is 7.41. The first-order valence-corrected chi connectivity index (χ1v) is 7.41. The largest absolute Gasteiger partial charge is 0.329 e. The summed E-state index contributed by atoms with van der Waals surface area (Å²) in [6, 6.07) is 7.50. The number of aryl methyl sites for hydroxylation is 1. The van der Waals surface area contributed by atoms with Crippen molar-refractivity contribution in [3.63, 3.8) is 0 Å². The molecule has 2 amide bonds. The molecular formula is C17H24N2O2. The van der Waals surface area contributed by atoms with E-state index >= 15 is 0 Å². The maximum atomic E-state index is 12.6. The molecule has 0 aliphatic carbocycles. The third kappa shape index (κ3) is 3.09. The van der Waals surface area contributed by atoms with Crippen LogP contribution in [-0.4, -0.2) is 35.8 Å². The first-order chi connectivity index (χ1) is 9.71. The molecule has 1 aromatic carbocycles. The number of carbonyl (C=O) groups is 2. The third-order valence-corrected chi connectivity index (χ3v) is 3.87. The van der Waals surface area contributed by atoms with Gasteiger partial charge < -0.3 is 9.80 Å². The highest BCUT2D eigenvalue weighted by molar-refractivity contribution is 6.00. The lowest BCUT2D eigenvalue weighted by Gasteiger charge is -2.41. The summed E-state index contributed by atoms with van der Waals surface area (Å²) in [7, 11) is 0. The smallest absolute Gasteiger partial charge is 0.249 e. The zero-order valence-electron chi connectivity index (χ0n) is 13.5. The van der Waals surface area contributed by atoms with Gasteiger partial charge in [-0.15, -0.1) is 0 Å². The van der Waals surface area contributed by atoms with Crippen LogP contribution in [0.15, 0.2) is 24.3 Å². The second kappa shape index (κ2) is 5.51. The van der Waals surface area contributed by atoms with E-state index in [4.69, 9.17) is 0 Å². The summed E-state index contributed by atoms with van der Waals surface area (Å²) in [4.78, 5) is 28.5. The third-order valence-electron chi connectivity index (χ3n) is 3.87. The highest BCUT2D eigenvalue weighted by Crippen LogP contribution is 2.25. The van der Waals surface area contributed by atoms with Gasteiger partial charge in [0.2, 0.25) is 11.8 Å². The Balaban J connectivity index is 2.21. The molecule has 4 nitrogen and oxygen atoms in total. The van der Waals surface area contributed by atoms with Gasteiger partial charge in [0.1, 0.15) is 6.04 Å². The van der Waals surface area contributed by atoms with Crippen LogP contribution in [0.5, 0.6) is 0 Å². The molecule has 0 aromatic heterocycles. The molecule has 2 rings (SSSR count). The molecule has 0 radical (unpaired) electrons. The van der Waals surface area contributed by atoms with Crippen LogP contribution in [0.2, 0.25) is 0 Å². The average molecular weight is 288 g/mol. The van der Waals surface area contributed by atoms with Gasteiger partial charge >= 0.3 is 0 Å². The van der Waals surface area contributed by atoms with E-state index in [-0.39, 0.29) is 11.8 Å². The molecule has 0 spiro atoms. The average Bonchev–Trinajstić information content (AvgIpc) is 2.40. The van der Waals surface area contributed by atoms with Crippen molar-refractivity contribution >= 4 is 17.5 Å². The Hall–Kier alpha value is -1.84. The van der Waals surface area contributed by atoms with Crippen molar-refractivity contribution in [2.45, 2.75) is 40.7 Å². The fraction of sp³-hybridized carbons (Fsp3) is 0.529. The maximum absolute atomic E-state index is 12.6. The fourth-order valence-corrected chi connectivity index (χ4v) is 2.63. The van der Waals surface area contributed by atoms with Crippen LogP contribution in [0.25, 0.3) is 0 Å². The summed E-state index contributed by atoms with van der Waals surface area (Å²) in [6.07, 6.45) is 0. The van der Waals surface area contributed by atoms with Crippen molar-refractivity contribution in [2.24, 2.45) is 5.41 Å². The van der Waals surface area contributed by atoms with E-state index in [9.17, 15) is 9.59 Å². The minimum absolute atomic E-state index is 0.00977. The van der Waals surface area contributed by atoms with Gasteiger partial charge in [-0.25, -0.2) is 0 Å². The molecule has 1 aliphatic rings. The second-order valence-electron chi connectivity index (χ2n) is 6.75. The lowest BCUT2D eigenvalue weighted by Crippen LogP contribution is -2.59. The van der Waals surface area contributed by atoms with Crippen molar-refractivity contribution in [3.8, 4) is 0 Å². The summed E-state index contributed by atoms with van der Waals surface area (Å²) < 4.78 is 0. The Bertz CT molecular complexity index is 560. The van der Waals surface area contributed by atoms with E-state index in [1.807, 2.05) is 58.9 Å². The molecule has 1 aromatic rings. The molecule has 1 heterocycles. The Morgan fingerprint density at radius 1 is 1.24 bits per heavy atom. The summed E-state index contributed by atoms with van der Waals surface area (Å²) >= 11 is 0. The predicted molar refractivity (Wildman–Crippen MR) is 84.2 cm³/mol. The molecule has 1 aliphatic heterocycles. The number of carbonyl (C=O) groups excluding carboxylic acids is 2. The van der Waals surface area contributed by atoms with Gasteiger partial charge in [-0.1, -0.05) is 32.9 Å². The van der Waals surface area contributed by atoms with Crippen LogP contribution in [0.3, 0.4) is 0 Å². The molecule has 1 atom stereocenters. The van der Waals surface area contributed by atoms with E-state index < -0.39 is 11.5 Å². The molecule has 4 heteroatoms. The van der Waals surface area contributed by atoms with Gasteiger partial charge in [0, 0.05) is 24.2 Å². The minimum Gasteiger partial charge on any atom is -0.329 e. The van der Waals surface area contributed by atoms with E-state index in [1.54, 1.807) is 9.80 Å². The van der Waals surface area contributed by atoms with Crippen LogP contribution in [0, 0.1) is 12.3 Å². The monoisotopic (exact) mass is 288 g/mol. The molecule has 0 bridgehead atoms. The van der Waals surface area contributed by atoms with E-state index in [0.29, 0.717) is 13.1 Å². The Kier molecular flexibility index (Phi) is 4.08. The number of benzene rings is 1. The summed E-state index contributed by atoms with van der Waals surface area (Å²) in [6.45, 7) is 10.6. The Labute approximate surface area is 126 Å². The normalized spacial score (nSPS) is 19.9. The highest BCUT2D eigenvalue weighted by atomic mass is 16.2. The Morgan fingerprint density at radius 2 is 1.90 bits per heavy atom. The fourth-order valence-electron chi connectivity index (χ4n) is 2.63. The van der Waals surface area contributed by atoms with Crippen molar-refractivity contribution in [1.29, 1.82) is 0 Å². The number of nitrogens with zero attached hydrogens (tertiary/aromatic N) is 2. The minimum atomic E-state index is -0.458. The van der Waals surface area contributed by atoms with Crippen LogP contribution in [-0.2, 0) is 9.59 Å². The number of rotatable bonds is 1. The van der Waals surface area contributed by atoms with E-state index in [0.717, 1.165) is 11.3 Å². The number of hydrogen-bond acceptors (Lipinski definition) is 2. The maximum Gasteiger partial charge on any atom is 0.249 e. The van der Waals surface area contributed by atoms with Gasteiger partial charge in [0.15, 0.2) is 0 Å². The molecular weight excluding hydrogens is 264 g/mol. The topological polar surface area (TPSA) is 40.6 Å². The predicted octanol–water partition coefficient (Wildman–Crippen LogP) is 2.60. The van der Waals surface area contributed by atoms with Crippen LogP contribution in [0.4, 0.5) is 5.69 Å². The second-order valence-corrected chi connectivity index (χ2v) is 6.75. The Morgan fingerprint density at radius 3 is 2.48 bits per heavy atom. The molecule has 114 valence electrons. The van der Waals surface area contributed by atoms with Crippen LogP contribution in [0.1, 0.15) is 33.3 Å². The van der Waals surface area contributed by atoms with E-state index in [2.05, 4.69) is 0 Å². The molecule has 1 fully saturated rings. The van der Waals surface area contributed by atoms with E-state index in [1.165, 1.54) is 0 Å². The molecule has 1 saturated heterocycles. The van der Waals surface area contributed by atoms with Gasteiger partial charge in [-0.05, 0) is 31.5 Å². The summed E-state index contributed by atoms with van der Waals surface area (Å²) in [5.41, 5.74) is 1.58. The number of anilines is 1. The lowest BCUT2D eigenvalue weighted by atomic mass is 9.93. The first kappa shape index (κ1) is 15.5. The lowest BCUT2D eigenvalue weighted by molar-refractivity contribution is -0.147. The number of hydrogen-bond donors (Lipinski definition) is 0. The summed E-state index contributed by atoms with van der Waals surface area (Å²) in [5.74, 6) is 0.0247. The van der Waals surface area contributed by atoms with Crippen molar-refractivity contribution in [1.82, 2.24) is 4.90 Å². The van der Waals surface area contributed by atoms with Gasteiger partial charge in [-0.3, -0.25) is 9.59 Å². The highest BCUT2D eigenvalue weighted by Gasteiger charge is 2.38. The molecule has 0 saturated carbocycles. The standard InChI is InChI=1S/C17H24N2O2/c1-12-7-6-8-14(11-12)19-10-9-18(13(2)15(19)20)16(21)17(3,4)5/h6-8,11,13H,9-10H2,1-5H3. The van der Waals surface area contributed by atoms with Gasteiger partial charge in [0.25, 0.3) is 0 Å². The van der Waals surface area contributed by atoms with Crippen molar-refractivity contribution < 1.29 is 9.59 Å². The zero-order chi connectivity index (χ0) is 15.8. The van der Waals surface area contributed by atoms with Crippen molar-refractivity contribution in [2.75, 3.05) is 18.0 Å². The van der Waals surface area contributed by atoms with Gasteiger partial charge in [0.05, 0.1) is 0 Å². The SMILES string of the molecule is Cc1cccc(N2CCN(C(=O)C(C)(C)C)C(C)C2=O)c1. The van der Waals surface area contributed by atoms with Gasteiger partial charge in [-0.2, -0.15) is 0 Å². The van der Waals surface area contributed by atoms with Crippen molar-refractivity contribution in [3.05, 3.63) is 29.8 Å². The number of amides is 2. The summed E-state index contributed by atoms with van der Waals surface area (Å²) in [5, 5.41) is 0. The molecule has 1 unspecified atom stereocenters. The zero-order valence-corrected chi connectivity index (χ0v) is 13.5. The number of piperazine rings is 1. The van der Waals surface area contributed by atoms with Crippen LogP contribution < -0.4 is 4.90 Å². The molecule has 0 N–H and O–H groups in total. The molecule has 21 heavy (non-hydrogen) atoms. The quantitative estimate of drug-likeness (QED) is 0.797. The van der Waals surface area contributed by atoms with Crippen LogP contribution >= 0.6 is 0 Å².